The second kappa shape index (κ2) is 4.80. The van der Waals surface area contributed by atoms with E-state index >= 15 is 0 Å². The maximum atomic E-state index is 13.0. The van der Waals surface area contributed by atoms with E-state index in [0.717, 1.165) is 10.6 Å². The van der Waals surface area contributed by atoms with E-state index in [1.54, 1.807) is 0 Å². The van der Waals surface area contributed by atoms with Crippen LogP contribution in [0.1, 0.15) is 36.6 Å². The molecule has 0 bridgehead atoms. The molecule has 1 fully saturated rings. The minimum Gasteiger partial charge on any atom is -0.398 e. The number of nitrogens with two attached hydrogens (primary N) is 1. The highest BCUT2D eigenvalue weighted by atomic mass is 16.2. The zero-order chi connectivity index (χ0) is 18.7. The fourth-order valence-electron chi connectivity index (χ4n) is 2.40. The molecule has 1 aromatic heterocycles. The third-order valence-corrected chi connectivity index (χ3v) is 3.37. The van der Waals surface area contributed by atoms with Crippen LogP contribution in [-0.2, 0) is 9.59 Å². The van der Waals surface area contributed by atoms with Crippen LogP contribution in [0.5, 0.6) is 0 Å². The molecule has 0 spiro atoms. The average Bonchev–Trinajstić information content (AvgIpc) is 2.50. The smallest absolute Gasteiger partial charge is 0.264 e. The van der Waals surface area contributed by atoms with Gasteiger partial charge >= 0.3 is 0 Å². The Morgan fingerprint density at radius 1 is 1.52 bits per heavy atom. The molecule has 3 rings (SSSR count). The van der Waals surface area contributed by atoms with Gasteiger partial charge in [0.2, 0.25) is 0 Å². The van der Waals surface area contributed by atoms with Crippen molar-refractivity contribution in [1.82, 2.24) is 9.55 Å². The summed E-state index contributed by atoms with van der Waals surface area (Å²) >= 11 is 0. The van der Waals surface area contributed by atoms with Gasteiger partial charge in [-0.1, -0.05) is 6.04 Å². The Kier molecular flexibility index (Phi) is 2.16. The lowest BCUT2D eigenvalue weighted by Gasteiger charge is -2.24. The highest BCUT2D eigenvalue weighted by Crippen LogP contribution is 2.24. The lowest BCUT2D eigenvalue weighted by atomic mass is 9.92. The van der Waals surface area contributed by atoms with Gasteiger partial charge in [-0.3, -0.25) is 19.0 Å². The van der Waals surface area contributed by atoms with Crippen LogP contribution in [0.25, 0.3) is 10.9 Å². The Balaban J connectivity index is 2.41. The topological polar surface area (TPSA) is 95.0 Å². The molecule has 108 valence electrons. The van der Waals surface area contributed by atoms with E-state index < -0.39 is 36.0 Å². The zero-order valence-electron chi connectivity index (χ0n) is 15.3. The van der Waals surface area contributed by atoms with E-state index in [2.05, 4.69) is 4.98 Å². The molecule has 0 amide bonds. The fourth-order valence-corrected chi connectivity index (χ4v) is 2.40. The van der Waals surface area contributed by atoms with E-state index in [4.69, 9.17) is 11.2 Å². The summed E-state index contributed by atoms with van der Waals surface area (Å²) in [6, 6.07) is -1.64. The first-order valence-electron chi connectivity index (χ1n) is 8.43. The molecular formula is C15H15N3O3. The molecule has 2 aromatic rings. The van der Waals surface area contributed by atoms with Crippen molar-refractivity contribution < 1.29 is 15.1 Å². The number of ketones is 2. The van der Waals surface area contributed by atoms with Crippen molar-refractivity contribution in [1.29, 1.82) is 0 Å². The second-order valence-corrected chi connectivity index (χ2v) is 4.82. The number of anilines is 1. The van der Waals surface area contributed by atoms with Crippen LogP contribution in [0, 0.1) is 6.92 Å². The van der Waals surface area contributed by atoms with Crippen molar-refractivity contribution in [2.24, 2.45) is 0 Å². The first kappa shape index (κ1) is 9.44. The summed E-state index contributed by atoms with van der Waals surface area (Å²) in [5, 5.41) is -0.171. The number of benzene rings is 1. The summed E-state index contributed by atoms with van der Waals surface area (Å²) in [5.74, 6) is -1.35. The highest BCUT2D eigenvalue weighted by Gasteiger charge is 2.30. The van der Waals surface area contributed by atoms with Crippen LogP contribution in [0.4, 0.5) is 5.69 Å². The number of rotatable bonds is 1. The number of nitrogen functional groups attached to an aromatic ring is 1. The Morgan fingerprint density at radius 3 is 3.00 bits per heavy atom. The third kappa shape index (κ3) is 2.12. The fraction of sp³-hybridized carbons (Fsp3) is 0.333. The summed E-state index contributed by atoms with van der Waals surface area (Å²) in [4.78, 5) is 41.0. The largest absolute Gasteiger partial charge is 0.398 e. The van der Waals surface area contributed by atoms with E-state index in [9.17, 15) is 14.4 Å². The van der Waals surface area contributed by atoms with Crippen molar-refractivity contribution in [2.45, 2.75) is 32.2 Å². The van der Waals surface area contributed by atoms with Gasteiger partial charge in [-0.2, -0.15) is 0 Å². The SMILES string of the molecule is [2H]c1cc(N)c2c(=O)n(C3([2H])C(=O)CC(=O)CC3[2H])c(C)nc2c1[2H]. The van der Waals surface area contributed by atoms with Crippen molar-refractivity contribution >= 4 is 28.2 Å². The molecule has 2 unspecified atom stereocenters. The van der Waals surface area contributed by atoms with Gasteiger partial charge in [-0.25, -0.2) is 4.98 Å². The number of nitrogens with zero attached hydrogens (tertiary/aromatic N) is 2. The molecule has 6 nitrogen and oxygen atoms in total. The molecule has 0 radical (unpaired) electrons. The van der Waals surface area contributed by atoms with Crippen LogP contribution in [-0.4, -0.2) is 21.1 Å². The Morgan fingerprint density at radius 2 is 2.29 bits per heavy atom. The van der Waals surface area contributed by atoms with E-state index in [1.807, 2.05) is 0 Å². The van der Waals surface area contributed by atoms with Gasteiger partial charge in [0.05, 0.1) is 27.5 Å². The number of carbonyl (C=O) groups is 2. The molecule has 2 atom stereocenters. The van der Waals surface area contributed by atoms with Crippen molar-refractivity contribution in [3.63, 3.8) is 0 Å². The molecule has 0 saturated heterocycles. The van der Waals surface area contributed by atoms with Gasteiger partial charge in [-0.15, -0.1) is 0 Å². The molecule has 1 aliphatic carbocycles. The molecular weight excluding hydrogens is 270 g/mol. The first-order valence-corrected chi connectivity index (χ1v) is 6.35. The summed E-state index contributed by atoms with van der Waals surface area (Å²) in [5.41, 5.74) is 4.80. The van der Waals surface area contributed by atoms with Crippen molar-refractivity contribution in [2.75, 3.05) is 5.73 Å². The number of Topliss-reactive ketones (excluding diaryl/α,β-unsaturated/α-hetero) is 2. The highest BCUT2D eigenvalue weighted by molar-refractivity contribution is 6.03. The molecule has 1 saturated carbocycles. The minimum absolute atomic E-state index is 0.0500. The lowest BCUT2D eigenvalue weighted by Crippen LogP contribution is -2.36. The number of aromatic nitrogens is 2. The molecule has 21 heavy (non-hydrogen) atoms. The van der Waals surface area contributed by atoms with Crippen LogP contribution in [0.15, 0.2) is 22.9 Å². The normalized spacial score (nSPS) is 28.9. The number of aryl methyl sites for hydroxylation is 1. The maximum absolute atomic E-state index is 13.0. The number of hydrogen-bond acceptors (Lipinski definition) is 5. The molecule has 1 aromatic carbocycles. The van der Waals surface area contributed by atoms with Gasteiger partial charge in [0.15, 0.2) is 5.78 Å². The van der Waals surface area contributed by atoms with Crippen molar-refractivity contribution in [3.05, 3.63) is 34.3 Å². The van der Waals surface area contributed by atoms with Crippen LogP contribution >= 0.6 is 0 Å². The van der Waals surface area contributed by atoms with Gasteiger partial charge in [0, 0.05) is 13.5 Å². The quantitative estimate of drug-likeness (QED) is 0.627. The predicted molar refractivity (Wildman–Crippen MR) is 78.1 cm³/mol. The standard InChI is InChI=1S/C15H15N3O3/c1-8-17-11-4-2-3-10(16)14(11)15(21)18(8)12-6-5-9(19)7-13(12)20/h2-4,12H,5-7,16H2,1H3/i2D,4D,6D,12D. The first-order chi connectivity index (χ1) is 11.6. The Labute approximate surface area is 126 Å². The summed E-state index contributed by atoms with van der Waals surface area (Å²) < 4.78 is 32.9. The number of carbonyl (C=O) groups excluding carboxylic acids is 2. The van der Waals surface area contributed by atoms with Crippen LogP contribution in [0.2, 0.25) is 0 Å². The maximum Gasteiger partial charge on any atom is 0.264 e. The molecule has 0 aliphatic heterocycles. The van der Waals surface area contributed by atoms with Gasteiger partial charge in [0.1, 0.15) is 11.6 Å². The van der Waals surface area contributed by atoms with Gasteiger partial charge < -0.3 is 5.73 Å². The second-order valence-electron chi connectivity index (χ2n) is 4.82. The Hall–Kier alpha value is -2.50. The summed E-state index contributed by atoms with van der Waals surface area (Å²) in [6.07, 6.45) is -2.29. The number of fused-ring (bicyclic) bond motifs is 1. The van der Waals surface area contributed by atoms with Gasteiger partial charge in [0.25, 0.3) is 5.56 Å². The van der Waals surface area contributed by atoms with Crippen molar-refractivity contribution in [3.8, 4) is 0 Å². The predicted octanol–water partition coefficient (Wildman–Crippen LogP) is 1.15. The summed E-state index contributed by atoms with van der Waals surface area (Å²) in [6.45, 7) is 1.37. The minimum atomic E-state index is -2.29. The molecule has 1 aliphatic rings. The molecule has 6 heteroatoms. The van der Waals surface area contributed by atoms with E-state index in [0.29, 0.717) is 0 Å². The monoisotopic (exact) mass is 289 g/mol. The van der Waals surface area contributed by atoms with Gasteiger partial charge in [-0.05, 0) is 25.4 Å². The average molecular weight is 289 g/mol. The molecule has 2 N–H and O–H groups in total. The number of hydrogen-bond donors (Lipinski definition) is 1. The molecule has 1 heterocycles. The van der Waals surface area contributed by atoms with E-state index in [-0.39, 0.29) is 40.9 Å². The summed E-state index contributed by atoms with van der Waals surface area (Å²) in [7, 11) is 0. The lowest BCUT2D eigenvalue weighted by molar-refractivity contribution is -0.132. The van der Waals surface area contributed by atoms with E-state index in [1.165, 1.54) is 6.92 Å². The zero-order valence-corrected chi connectivity index (χ0v) is 11.3. The Bertz CT molecular complexity index is 1000. The third-order valence-electron chi connectivity index (χ3n) is 3.37. The van der Waals surface area contributed by atoms with Crippen LogP contribution in [0.3, 0.4) is 0 Å². The van der Waals surface area contributed by atoms with Crippen LogP contribution < -0.4 is 11.3 Å².